The van der Waals surface area contributed by atoms with Crippen molar-refractivity contribution >= 4 is 27.4 Å². The number of ketones is 1. The standard InChI is InChI=1S/C22H27N3O4S/c1-16-4-10-21(11-5-16)30(28,29)25-14-12-24(13-15-25)17(2)22(27)23-20-8-6-19(7-9-20)18(3)26/h4-11,17H,12-15H2,1-3H3,(H,23,27)/t17-/m0/s1. The molecule has 0 spiro atoms. The van der Waals surface area contributed by atoms with Crippen LogP contribution in [0.15, 0.2) is 53.4 Å². The van der Waals surface area contributed by atoms with Crippen LogP contribution in [-0.2, 0) is 14.8 Å². The summed E-state index contributed by atoms with van der Waals surface area (Å²) >= 11 is 0. The Hall–Kier alpha value is -2.55. The molecular weight excluding hydrogens is 402 g/mol. The van der Waals surface area contributed by atoms with Gasteiger partial charge in [0.05, 0.1) is 10.9 Å². The van der Waals surface area contributed by atoms with Crippen molar-refractivity contribution in [3.8, 4) is 0 Å². The maximum Gasteiger partial charge on any atom is 0.243 e. The number of aryl methyl sites for hydroxylation is 1. The lowest BCUT2D eigenvalue weighted by atomic mass is 10.1. The summed E-state index contributed by atoms with van der Waals surface area (Å²) in [5.74, 6) is -0.194. The van der Waals surface area contributed by atoms with Crippen molar-refractivity contribution in [2.45, 2.75) is 31.7 Å². The van der Waals surface area contributed by atoms with Crippen LogP contribution in [0.3, 0.4) is 0 Å². The summed E-state index contributed by atoms with van der Waals surface area (Å²) in [5, 5.41) is 2.85. The highest BCUT2D eigenvalue weighted by molar-refractivity contribution is 7.89. The minimum absolute atomic E-state index is 0.0281. The second-order valence-electron chi connectivity index (χ2n) is 7.55. The maximum absolute atomic E-state index is 12.8. The van der Waals surface area contributed by atoms with Gasteiger partial charge in [0.15, 0.2) is 5.78 Å². The number of hydrogen-bond acceptors (Lipinski definition) is 5. The molecule has 1 fully saturated rings. The molecule has 2 aromatic carbocycles. The molecule has 1 atom stereocenters. The first-order valence-corrected chi connectivity index (χ1v) is 11.4. The van der Waals surface area contributed by atoms with Gasteiger partial charge >= 0.3 is 0 Å². The Bertz CT molecular complexity index is 1010. The molecular formula is C22H27N3O4S. The molecule has 0 aromatic heterocycles. The molecule has 1 aliphatic rings. The summed E-state index contributed by atoms with van der Waals surface area (Å²) < 4.78 is 27.1. The summed E-state index contributed by atoms with van der Waals surface area (Å²) in [4.78, 5) is 26.2. The van der Waals surface area contributed by atoms with Crippen molar-refractivity contribution in [3.05, 3.63) is 59.7 Å². The van der Waals surface area contributed by atoms with Crippen LogP contribution >= 0.6 is 0 Å². The third-order valence-electron chi connectivity index (χ3n) is 5.42. The Kier molecular flexibility index (Phi) is 6.70. The molecule has 1 N–H and O–H groups in total. The van der Waals surface area contributed by atoms with Gasteiger partial charge in [0.1, 0.15) is 0 Å². The van der Waals surface area contributed by atoms with Gasteiger partial charge in [-0.05, 0) is 57.2 Å². The zero-order chi connectivity index (χ0) is 21.9. The molecule has 1 aliphatic heterocycles. The largest absolute Gasteiger partial charge is 0.325 e. The number of benzene rings is 2. The van der Waals surface area contributed by atoms with E-state index in [2.05, 4.69) is 5.32 Å². The molecule has 30 heavy (non-hydrogen) atoms. The van der Waals surface area contributed by atoms with Crippen LogP contribution in [0, 0.1) is 6.92 Å². The van der Waals surface area contributed by atoms with E-state index in [1.165, 1.54) is 11.2 Å². The SMILES string of the molecule is CC(=O)c1ccc(NC(=O)[C@H](C)N2CCN(S(=O)(=O)c3ccc(C)cc3)CC2)cc1. The van der Waals surface area contributed by atoms with Crippen molar-refractivity contribution in [3.63, 3.8) is 0 Å². The molecule has 7 nitrogen and oxygen atoms in total. The van der Waals surface area contributed by atoms with Gasteiger partial charge in [-0.15, -0.1) is 0 Å². The average molecular weight is 430 g/mol. The van der Waals surface area contributed by atoms with E-state index in [1.54, 1.807) is 48.5 Å². The highest BCUT2D eigenvalue weighted by Gasteiger charge is 2.31. The van der Waals surface area contributed by atoms with Crippen LogP contribution in [0.2, 0.25) is 0 Å². The van der Waals surface area contributed by atoms with Crippen LogP contribution in [0.25, 0.3) is 0 Å². The van der Waals surface area contributed by atoms with E-state index in [1.807, 2.05) is 18.7 Å². The minimum atomic E-state index is -3.53. The van der Waals surface area contributed by atoms with Crippen LogP contribution < -0.4 is 5.32 Å². The lowest BCUT2D eigenvalue weighted by Crippen LogP contribution is -2.53. The molecule has 0 radical (unpaired) electrons. The number of rotatable bonds is 6. The van der Waals surface area contributed by atoms with E-state index in [9.17, 15) is 18.0 Å². The van der Waals surface area contributed by atoms with E-state index < -0.39 is 16.1 Å². The summed E-state index contributed by atoms with van der Waals surface area (Å²) in [5.41, 5.74) is 2.22. The summed E-state index contributed by atoms with van der Waals surface area (Å²) in [6.07, 6.45) is 0. The third kappa shape index (κ3) is 4.95. The number of amides is 1. The lowest BCUT2D eigenvalue weighted by Gasteiger charge is -2.36. The Morgan fingerprint density at radius 2 is 1.50 bits per heavy atom. The van der Waals surface area contributed by atoms with Gasteiger partial charge < -0.3 is 5.32 Å². The number of carbonyl (C=O) groups is 2. The Morgan fingerprint density at radius 3 is 2.03 bits per heavy atom. The quantitative estimate of drug-likeness (QED) is 0.713. The Balaban J connectivity index is 1.57. The summed E-state index contributed by atoms with van der Waals surface area (Å²) in [6.45, 7) is 6.84. The fourth-order valence-corrected chi connectivity index (χ4v) is 4.81. The maximum atomic E-state index is 12.8. The first-order chi connectivity index (χ1) is 14.2. The predicted octanol–water partition coefficient (Wildman–Crippen LogP) is 2.53. The molecule has 0 unspecified atom stereocenters. The smallest absolute Gasteiger partial charge is 0.243 e. The first-order valence-electron chi connectivity index (χ1n) is 9.91. The number of nitrogens with one attached hydrogen (secondary N) is 1. The molecule has 1 amide bonds. The zero-order valence-corrected chi connectivity index (χ0v) is 18.3. The minimum Gasteiger partial charge on any atom is -0.325 e. The van der Waals surface area contributed by atoms with Crippen molar-refractivity contribution in [2.24, 2.45) is 0 Å². The van der Waals surface area contributed by atoms with Gasteiger partial charge in [0, 0.05) is 37.4 Å². The molecule has 2 aromatic rings. The van der Waals surface area contributed by atoms with Crippen molar-refractivity contribution in [2.75, 3.05) is 31.5 Å². The first kappa shape index (κ1) is 22.1. The van der Waals surface area contributed by atoms with E-state index in [0.717, 1.165) is 5.56 Å². The number of anilines is 1. The number of sulfonamides is 1. The number of carbonyl (C=O) groups excluding carboxylic acids is 2. The van der Waals surface area contributed by atoms with Gasteiger partial charge in [-0.3, -0.25) is 14.5 Å². The van der Waals surface area contributed by atoms with Crippen LogP contribution in [0.1, 0.15) is 29.8 Å². The molecule has 0 aliphatic carbocycles. The van der Waals surface area contributed by atoms with Crippen LogP contribution in [-0.4, -0.2) is 61.5 Å². The highest BCUT2D eigenvalue weighted by atomic mass is 32.2. The van der Waals surface area contributed by atoms with E-state index >= 15 is 0 Å². The Labute approximate surface area is 177 Å². The number of hydrogen-bond donors (Lipinski definition) is 1. The topological polar surface area (TPSA) is 86.8 Å². The van der Waals surface area contributed by atoms with Gasteiger partial charge in [0.25, 0.3) is 0 Å². The second kappa shape index (κ2) is 9.07. The molecule has 3 rings (SSSR count). The molecule has 1 heterocycles. The fraction of sp³-hybridized carbons (Fsp3) is 0.364. The summed E-state index contributed by atoms with van der Waals surface area (Å²) in [7, 11) is -3.53. The van der Waals surface area contributed by atoms with Gasteiger partial charge in [0.2, 0.25) is 15.9 Å². The average Bonchev–Trinajstić information content (AvgIpc) is 2.74. The zero-order valence-electron chi connectivity index (χ0n) is 17.5. The van der Waals surface area contributed by atoms with Crippen LogP contribution in [0.4, 0.5) is 5.69 Å². The summed E-state index contributed by atoms with van der Waals surface area (Å²) in [6, 6.07) is 13.2. The molecule has 0 bridgehead atoms. The van der Waals surface area contributed by atoms with Gasteiger partial charge in [-0.2, -0.15) is 4.31 Å². The molecule has 160 valence electrons. The predicted molar refractivity (Wildman–Crippen MR) is 116 cm³/mol. The molecule has 1 saturated heterocycles. The van der Waals surface area contributed by atoms with Crippen molar-refractivity contribution < 1.29 is 18.0 Å². The highest BCUT2D eigenvalue weighted by Crippen LogP contribution is 2.19. The van der Waals surface area contributed by atoms with Crippen molar-refractivity contribution in [1.29, 1.82) is 0 Å². The number of piperazine rings is 1. The van der Waals surface area contributed by atoms with E-state index in [-0.39, 0.29) is 11.7 Å². The fourth-order valence-electron chi connectivity index (χ4n) is 3.39. The Morgan fingerprint density at radius 1 is 0.933 bits per heavy atom. The molecule has 8 heteroatoms. The monoisotopic (exact) mass is 429 g/mol. The molecule has 0 saturated carbocycles. The third-order valence-corrected chi connectivity index (χ3v) is 7.33. The normalized spacial score (nSPS) is 16.8. The van der Waals surface area contributed by atoms with Gasteiger partial charge in [-0.25, -0.2) is 8.42 Å². The number of nitrogens with zero attached hydrogens (tertiary/aromatic N) is 2. The lowest BCUT2D eigenvalue weighted by molar-refractivity contribution is -0.121. The van der Waals surface area contributed by atoms with Crippen molar-refractivity contribution in [1.82, 2.24) is 9.21 Å². The van der Waals surface area contributed by atoms with E-state index in [0.29, 0.717) is 42.3 Å². The second-order valence-corrected chi connectivity index (χ2v) is 9.49. The number of Topliss-reactive ketones (excluding diaryl/α,β-unsaturated/α-hetero) is 1. The van der Waals surface area contributed by atoms with E-state index in [4.69, 9.17) is 0 Å². The van der Waals surface area contributed by atoms with Gasteiger partial charge in [-0.1, -0.05) is 17.7 Å². The van der Waals surface area contributed by atoms with Crippen LogP contribution in [0.5, 0.6) is 0 Å².